The maximum Gasteiger partial charge on any atom is 0.144 e. The summed E-state index contributed by atoms with van der Waals surface area (Å²) in [5.41, 5.74) is 6.37. The number of rotatable bonds is 8. The van der Waals surface area contributed by atoms with Crippen LogP contribution in [0.1, 0.15) is 25.8 Å². The zero-order valence-corrected chi connectivity index (χ0v) is 13.1. The molecule has 1 rings (SSSR count). The topological polar surface area (TPSA) is 89.1 Å². The molecule has 0 aromatic heterocycles. The van der Waals surface area contributed by atoms with Gasteiger partial charge in [-0.15, -0.1) is 0 Å². The Morgan fingerprint density at radius 3 is 2.62 bits per heavy atom. The minimum Gasteiger partial charge on any atom is -0.497 e. The third-order valence-corrected chi connectivity index (χ3v) is 3.54. The second kappa shape index (κ2) is 7.73. The van der Waals surface area contributed by atoms with E-state index in [1.54, 1.807) is 14.2 Å². The number of hydrogen-bond donors (Lipinski definition) is 3. The van der Waals surface area contributed by atoms with Crippen LogP contribution in [-0.4, -0.2) is 31.8 Å². The molecule has 0 unspecified atom stereocenters. The van der Waals surface area contributed by atoms with E-state index < -0.39 is 0 Å². The second-order valence-corrected chi connectivity index (χ2v) is 5.47. The molecule has 4 N–H and O–H groups in total. The normalized spacial score (nSPS) is 12.3. The summed E-state index contributed by atoms with van der Waals surface area (Å²) in [6, 6.07) is 5.73. The van der Waals surface area contributed by atoms with E-state index in [4.69, 9.17) is 20.4 Å². The van der Waals surface area contributed by atoms with E-state index in [0.717, 1.165) is 30.0 Å². The standard InChI is InChI=1S/C15H25N3O3/c1-15(2,14(16)18-19)7-8-17-10-11-5-6-12(20-3)9-13(11)21-4/h5-6,9,17,19H,7-8,10H2,1-4H3,(H2,16,18). The molecule has 1 aromatic rings. The Balaban J connectivity index is 2.53. The maximum absolute atomic E-state index is 8.74. The summed E-state index contributed by atoms with van der Waals surface area (Å²) in [5, 5.41) is 15.1. The van der Waals surface area contributed by atoms with Crippen molar-refractivity contribution in [1.82, 2.24) is 5.32 Å². The molecule has 0 bridgehead atoms. The highest BCUT2D eigenvalue weighted by Gasteiger charge is 2.22. The number of amidine groups is 1. The quantitative estimate of drug-likeness (QED) is 0.224. The zero-order chi connectivity index (χ0) is 15.9. The fourth-order valence-corrected chi connectivity index (χ4v) is 1.89. The van der Waals surface area contributed by atoms with Crippen LogP contribution in [0.2, 0.25) is 0 Å². The number of hydrogen-bond acceptors (Lipinski definition) is 5. The molecule has 0 atom stereocenters. The van der Waals surface area contributed by atoms with Crippen LogP contribution in [0.3, 0.4) is 0 Å². The van der Waals surface area contributed by atoms with Crippen LogP contribution >= 0.6 is 0 Å². The van der Waals surface area contributed by atoms with Crippen molar-refractivity contribution in [2.24, 2.45) is 16.3 Å². The lowest BCUT2D eigenvalue weighted by Crippen LogP contribution is -2.34. The van der Waals surface area contributed by atoms with Crippen molar-refractivity contribution in [1.29, 1.82) is 0 Å². The second-order valence-electron chi connectivity index (χ2n) is 5.47. The Morgan fingerprint density at radius 1 is 1.33 bits per heavy atom. The summed E-state index contributed by atoms with van der Waals surface area (Å²) in [7, 11) is 3.27. The van der Waals surface area contributed by atoms with Crippen LogP contribution in [0.5, 0.6) is 11.5 Å². The highest BCUT2D eigenvalue weighted by atomic mass is 16.5. The molecule has 21 heavy (non-hydrogen) atoms. The minimum atomic E-state index is -0.342. The third-order valence-electron chi connectivity index (χ3n) is 3.54. The van der Waals surface area contributed by atoms with Crippen molar-refractivity contribution in [3.05, 3.63) is 23.8 Å². The molecule has 0 aliphatic heterocycles. The van der Waals surface area contributed by atoms with Crippen LogP contribution in [-0.2, 0) is 6.54 Å². The van der Waals surface area contributed by atoms with E-state index in [2.05, 4.69) is 10.5 Å². The molecular formula is C15H25N3O3. The molecule has 0 aliphatic carbocycles. The molecule has 0 saturated heterocycles. The van der Waals surface area contributed by atoms with Gasteiger partial charge in [0, 0.05) is 23.6 Å². The number of oxime groups is 1. The monoisotopic (exact) mass is 295 g/mol. The van der Waals surface area contributed by atoms with Crippen molar-refractivity contribution in [2.45, 2.75) is 26.8 Å². The Bertz CT molecular complexity index is 487. The van der Waals surface area contributed by atoms with Gasteiger partial charge in [-0.25, -0.2) is 0 Å². The Labute approximate surface area is 125 Å². The molecule has 0 spiro atoms. The SMILES string of the molecule is COc1ccc(CNCCC(C)(C)C(N)=NO)c(OC)c1. The molecule has 0 amide bonds. The Morgan fingerprint density at radius 2 is 2.05 bits per heavy atom. The summed E-state index contributed by atoms with van der Waals surface area (Å²) in [4.78, 5) is 0. The first-order valence-corrected chi connectivity index (χ1v) is 6.84. The number of nitrogens with zero attached hydrogens (tertiary/aromatic N) is 1. The lowest BCUT2D eigenvalue weighted by Gasteiger charge is -2.22. The molecule has 6 heteroatoms. The number of benzene rings is 1. The Hall–Kier alpha value is -1.95. The highest BCUT2D eigenvalue weighted by Crippen LogP contribution is 2.24. The molecule has 6 nitrogen and oxygen atoms in total. The maximum atomic E-state index is 8.74. The number of methoxy groups -OCH3 is 2. The summed E-state index contributed by atoms with van der Waals surface area (Å²) in [6.07, 6.45) is 0.765. The van der Waals surface area contributed by atoms with Crippen LogP contribution in [0.25, 0.3) is 0 Å². The summed E-state index contributed by atoms with van der Waals surface area (Å²) >= 11 is 0. The summed E-state index contributed by atoms with van der Waals surface area (Å²) < 4.78 is 10.5. The van der Waals surface area contributed by atoms with Gasteiger partial charge in [-0.3, -0.25) is 0 Å². The van der Waals surface area contributed by atoms with Crippen LogP contribution in [0, 0.1) is 5.41 Å². The van der Waals surface area contributed by atoms with Crippen molar-refractivity contribution < 1.29 is 14.7 Å². The van der Waals surface area contributed by atoms with Crippen LogP contribution in [0.4, 0.5) is 0 Å². The number of nitrogens with two attached hydrogens (primary N) is 1. The van der Waals surface area contributed by atoms with Crippen molar-refractivity contribution in [3.8, 4) is 11.5 Å². The molecule has 118 valence electrons. The van der Waals surface area contributed by atoms with Gasteiger partial charge in [0.15, 0.2) is 0 Å². The average Bonchev–Trinajstić information content (AvgIpc) is 2.50. The predicted octanol–water partition coefficient (Wildman–Crippen LogP) is 1.96. The fraction of sp³-hybridized carbons (Fsp3) is 0.533. The molecule has 1 aromatic carbocycles. The molecule has 0 fully saturated rings. The highest BCUT2D eigenvalue weighted by molar-refractivity contribution is 5.85. The van der Waals surface area contributed by atoms with E-state index in [-0.39, 0.29) is 11.3 Å². The number of ether oxygens (including phenoxy) is 2. The molecule has 0 aliphatic rings. The van der Waals surface area contributed by atoms with Crippen molar-refractivity contribution >= 4 is 5.84 Å². The van der Waals surface area contributed by atoms with Gasteiger partial charge < -0.3 is 25.7 Å². The number of nitrogens with one attached hydrogen (secondary N) is 1. The van der Waals surface area contributed by atoms with E-state index in [0.29, 0.717) is 6.54 Å². The van der Waals surface area contributed by atoms with Gasteiger partial charge in [0.1, 0.15) is 17.3 Å². The van der Waals surface area contributed by atoms with Crippen molar-refractivity contribution in [2.75, 3.05) is 20.8 Å². The predicted molar refractivity (Wildman–Crippen MR) is 83.1 cm³/mol. The summed E-state index contributed by atoms with van der Waals surface area (Å²) in [6.45, 7) is 5.31. The zero-order valence-electron chi connectivity index (χ0n) is 13.1. The van der Waals surface area contributed by atoms with Crippen molar-refractivity contribution in [3.63, 3.8) is 0 Å². The van der Waals surface area contributed by atoms with E-state index in [9.17, 15) is 0 Å². The van der Waals surface area contributed by atoms with E-state index in [1.165, 1.54) is 0 Å². The summed E-state index contributed by atoms with van der Waals surface area (Å²) in [5.74, 6) is 1.80. The lowest BCUT2D eigenvalue weighted by molar-refractivity contribution is 0.305. The lowest BCUT2D eigenvalue weighted by atomic mass is 9.88. The molecule has 0 radical (unpaired) electrons. The van der Waals surface area contributed by atoms with Gasteiger partial charge in [-0.2, -0.15) is 0 Å². The fourth-order valence-electron chi connectivity index (χ4n) is 1.89. The molecule has 0 saturated carbocycles. The van der Waals surface area contributed by atoms with Gasteiger partial charge in [-0.1, -0.05) is 25.1 Å². The van der Waals surface area contributed by atoms with E-state index in [1.807, 2.05) is 32.0 Å². The first-order chi connectivity index (χ1) is 9.94. The third kappa shape index (κ3) is 4.82. The van der Waals surface area contributed by atoms with Gasteiger partial charge >= 0.3 is 0 Å². The van der Waals surface area contributed by atoms with Gasteiger partial charge in [0.05, 0.1) is 14.2 Å². The van der Waals surface area contributed by atoms with Crippen LogP contribution < -0.4 is 20.5 Å². The molecular weight excluding hydrogens is 270 g/mol. The minimum absolute atomic E-state index is 0.242. The van der Waals surface area contributed by atoms with Gasteiger partial charge in [0.25, 0.3) is 0 Å². The largest absolute Gasteiger partial charge is 0.497 e. The van der Waals surface area contributed by atoms with Gasteiger partial charge in [-0.05, 0) is 19.0 Å². The molecule has 0 heterocycles. The van der Waals surface area contributed by atoms with Gasteiger partial charge in [0.2, 0.25) is 0 Å². The average molecular weight is 295 g/mol. The first-order valence-electron chi connectivity index (χ1n) is 6.84. The van der Waals surface area contributed by atoms with Crippen LogP contribution in [0.15, 0.2) is 23.4 Å². The Kier molecular flexibility index (Phi) is 6.30. The smallest absolute Gasteiger partial charge is 0.144 e. The van der Waals surface area contributed by atoms with E-state index >= 15 is 0 Å². The first kappa shape index (κ1) is 17.1.